The van der Waals surface area contributed by atoms with Gasteiger partial charge in [0.2, 0.25) is 5.95 Å². The maximum Gasteiger partial charge on any atom is 0.223 e. The van der Waals surface area contributed by atoms with Crippen molar-refractivity contribution in [3.05, 3.63) is 84.7 Å². The van der Waals surface area contributed by atoms with Crippen LogP contribution in [0.1, 0.15) is 37.5 Å². The van der Waals surface area contributed by atoms with Gasteiger partial charge in [0.25, 0.3) is 0 Å². The molecule has 0 spiro atoms. The molecule has 1 aliphatic carbocycles. The molecular formula is C30H27FN6O. The van der Waals surface area contributed by atoms with Gasteiger partial charge in [0.05, 0.1) is 28.6 Å². The van der Waals surface area contributed by atoms with Gasteiger partial charge in [-0.1, -0.05) is 12.1 Å². The molecule has 4 heterocycles. The first-order valence-electron chi connectivity index (χ1n) is 13.2. The Bertz CT molecular complexity index is 1610. The number of aromatic nitrogens is 5. The number of nitrogens with zero attached hydrogens (tertiary/aromatic N) is 5. The highest BCUT2D eigenvalue weighted by atomic mass is 19.1. The average Bonchev–Trinajstić information content (AvgIpc) is 3.50. The van der Waals surface area contributed by atoms with E-state index in [1.165, 1.54) is 18.6 Å². The Labute approximate surface area is 219 Å². The number of fused-ring (bicyclic) bond motifs is 2. The molecule has 190 valence electrons. The smallest absolute Gasteiger partial charge is 0.223 e. The molecule has 1 aliphatic heterocycles. The van der Waals surface area contributed by atoms with Crippen molar-refractivity contribution in [2.24, 2.45) is 0 Å². The number of para-hydroxylation sites is 1. The van der Waals surface area contributed by atoms with Crippen molar-refractivity contribution < 1.29 is 9.13 Å². The van der Waals surface area contributed by atoms with Crippen LogP contribution in [-0.4, -0.2) is 37.2 Å². The summed E-state index contributed by atoms with van der Waals surface area (Å²) < 4.78 is 22.4. The minimum atomic E-state index is -0.271. The molecule has 1 fully saturated rings. The lowest BCUT2D eigenvalue weighted by atomic mass is 9.93. The Balaban J connectivity index is 1.27. The molecule has 7 nitrogen and oxygen atoms in total. The lowest BCUT2D eigenvalue weighted by Crippen LogP contribution is -2.28. The van der Waals surface area contributed by atoms with E-state index in [9.17, 15) is 4.39 Å². The molecule has 1 N–H and O–H groups in total. The number of nitrogens with one attached hydrogen (secondary N) is 1. The van der Waals surface area contributed by atoms with E-state index in [0.29, 0.717) is 18.6 Å². The van der Waals surface area contributed by atoms with E-state index in [1.807, 2.05) is 36.4 Å². The summed E-state index contributed by atoms with van der Waals surface area (Å²) >= 11 is 0. The Morgan fingerprint density at radius 3 is 2.61 bits per heavy atom. The monoisotopic (exact) mass is 506 g/mol. The van der Waals surface area contributed by atoms with Gasteiger partial charge in [-0.15, -0.1) is 0 Å². The second-order valence-electron chi connectivity index (χ2n) is 9.97. The minimum absolute atomic E-state index is 0.0756. The van der Waals surface area contributed by atoms with Crippen molar-refractivity contribution in [3.63, 3.8) is 0 Å². The van der Waals surface area contributed by atoms with Gasteiger partial charge in [-0.05, 0) is 74.2 Å². The molecule has 1 atom stereocenters. The summed E-state index contributed by atoms with van der Waals surface area (Å²) in [6.45, 7) is 0.492. The van der Waals surface area contributed by atoms with Gasteiger partial charge in [-0.25, -0.2) is 19.3 Å². The molecule has 3 aromatic heterocycles. The quantitative estimate of drug-likeness (QED) is 0.282. The standard InChI is InChI=1S/C30H27FN6O/c31-20-10-8-19(9-11-20)28-29(25-14-16-33-30(35-25)34-21-4-3-5-21)37-22(12-13-27(37)36-28)18-38-26-15-17-32-24-7-2-1-6-23(24)26/h1-2,6-11,14-17,21-22H,3-5,12-13,18H2,(H,33,34,35)/t22-/m0/s1. The predicted molar refractivity (Wildman–Crippen MR) is 145 cm³/mol. The Morgan fingerprint density at radius 2 is 1.76 bits per heavy atom. The van der Waals surface area contributed by atoms with Crippen LogP contribution in [0.3, 0.4) is 0 Å². The van der Waals surface area contributed by atoms with Crippen LogP contribution in [0, 0.1) is 5.82 Å². The topological polar surface area (TPSA) is 77.8 Å². The molecule has 7 rings (SSSR count). The summed E-state index contributed by atoms with van der Waals surface area (Å²) in [6.07, 6.45) is 8.83. The summed E-state index contributed by atoms with van der Waals surface area (Å²) in [6, 6.07) is 18.8. The van der Waals surface area contributed by atoms with Crippen molar-refractivity contribution in [2.45, 2.75) is 44.2 Å². The van der Waals surface area contributed by atoms with Gasteiger partial charge in [0.15, 0.2) is 0 Å². The third-order valence-electron chi connectivity index (χ3n) is 7.54. The zero-order valence-electron chi connectivity index (χ0n) is 20.8. The largest absolute Gasteiger partial charge is 0.491 e. The number of hydrogen-bond donors (Lipinski definition) is 1. The fraction of sp³-hybridized carbons (Fsp3) is 0.267. The van der Waals surface area contributed by atoms with E-state index >= 15 is 0 Å². The number of halogens is 1. The van der Waals surface area contributed by atoms with Crippen molar-refractivity contribution in [1.82, 2.24) is 24.5 Å². The molecule has 0 radical (unpaired) electrons. The van der Waals surface area contributed by atoms with Gasteiger partial charge in [0, 0.05) is 35.8 Å². The average molecular weight is 507 g/mol. The first-order chi connectivity index (χ1) is 18.7. The highest BCUT2D eigenvalue weighted by Gasteiger charge is 2.31. The lowest BCUT2D eigenvalue weighted by Gasteiger charge is -2.26. The van der Waals surface area contributed by atoms with Crippen LogP contribution in [-0.2, 0) is 6.42 Å². The second-order valence-corrected chi connectivity index (χ2v) is 9.97. The van der Waals surface area contributed by atoms with E-state index in [4.69, 9.17) is 14.7 Å². The summed E-state index contributed by atoms with van der Waals surface area (Å²) in [7, 11) is 0. The van der Waals surface area contributed by atoms with Crippen LogP contribution in [0.4, 0.5) is 10.3 Å². The first-order valence-corrected chi connectivity index (χ1v) is 13.2. The zero-order chi connectivity index (χ0) is 25.5. The van der Waals surface area contributed by atoms with Gasteiger partial charge in [-0.3, -0.25) is 4.98 Å². The van der Waals surface area contributed by atoms with Gasteiger partial charge < -0.3 is 14.6 Å². The number of aryl methyl sites for hydroxylation is 1. The van der Waals surface area contributed by atoms with E-state index in [0.717, 1.165) is 70.8 Å². The van der Waals surface area contributed by atoms with E-state index < -0.39 is 0 Å². The normalized spacial score (nSPS) is 16.8. The van der Waals surface area contributed by atoms with Gasteiger partial charge in [0.1, 0.15) is 24.0 Å². The Morgan fingerprint density at radius 1 is 0.921 bits per heavy atom. The number of hydrogen-bond acceptors (Lipinski definition) is 6. The molecule has 38 heavy (non-hydrogen) atoms. The van der Waals surface area contributed by atoms with Gasteiger partial charge in [-0.2, -0.15) is 0 Å². The molecular weight excluding hydrogens is 479 g/mol. The van der Waals surface area contributed by atoms with E-state index in [1.54, 1.807) is 24.5 Å². The lowest BCUT2D eigenvalue weighted by molar-refractivity contribution is 0.258. The fourth-order valence-electron chi connectivity index (χ4n) is 5.36. The van der Waals surface area contributed by atoms with Crippen LogP contribution in [0.5, 0.6) is 5.75 Å². The zero-order valence-corrected chi connectivity index (χ0v) is 20.8. The number of pyridine rings is 1. The maximum absolute atomic E-state index is 13.8. The van der Waals surface area contributed by atoms with Gasteiger partial charge >= 0.3 is 0 Å². The summed E-state index contributed by atoms with van der Waals surface area (Å²) in [5.74, 6) is 2.16. The second kappa shape index (κ2) is 9.52. The Kier molecular flexibility index (Phi) is 5.72. The molecule has 5 aromatic rings. The highest BCUT2D eigenvalue weighted by molar-refractivity contribution is 5.84. The first kappa shape index (κ1) is 22.8. The van der Waals surface area contributed by atoms with Crippen molar-refractivity contribution in [1.29, 1.82) is 0 Å². The molecule has 2 aromatic carbocycles. The summed E-state index contributed by atoms with van der Waals surface area (Å²) in [5.41, 5.74) is 4.27. The molecule has 0 bridgehead atoms. The minimum Gasteiger partial charge on any atom is -0.491 e. The molecule has 0 saturated heterocycles. The van der Waals surface area contributed by atoms with Crippen LogP contribution in [0.25, 0.3) is 33.5 Å². The molecule has 1 saturated carbocycles. The van der Waals surface area contributed by atoms with Crippen LogP contribution >= 0.6 is 0 Å². The fourth-order valence-corrected chi connectivity index (χ4v) is 5.36. The summed E-state index contributed by atoms with van der Waals surface area (Å²) in [4.78, 5) is 18.9. The van der Waals surface area contributed by atoms with Crippen LogP contribution in [0.15, 0.2) is 73.1 Å². The van der Waals surface area contributed by atoms with E-state index in [2.05, 4.69) is 19.9 Å². The van der Waals surface area contributed by atoms with Crippen molar-refractivity contribution in [2.75, 3.05) is 11.9 Å². The molecule has 2 aliphatic rings. The number of ether oxygens (including phenoxy) is 1. The molecule has 8 heteroatoms. The van der Waals surface area contributed by atoms with Crippen LogP contribution in [0.2, 0.25) is 0 Å². The van der Waals surface area contributed by atoms with Crippen LogP contribution < -0.4 is 10.1 Å². The SMILES string of the molecule is Fc1ccc(-c2nc3n(c2-c2ccnc(NC4CCC4)n2)[C@H](COc2ccnc4ccccc24)CC3)cc1. The third-order valence-corrected chi connectivity index (χ3v) is 7.54. The number of benzene rings is 2. The number of rotatable bonds is 7. The molecule has 0 unspecified atom stereocenters. The van der Waals surface area contributed by atoms with Crippen molar-refractivity contribution in [3.8, 4) is 28.4 Å². The third kappa shape index (κ3) is 4.16. The Hall–Kier alpha value is -4.33. The highest BCUT2D eigenvalue weighted by Crippen LogP contribution is 2.40. The molecule has 0 amide bonds. The van der Waals surface area contributed by atoms with Crippen molar-refractivity contribution >= 4 is 16.9 Å². The number of anilines is 1. The number of imidazole rings is 1. The van der Waals surface area contributed by atoms with E-state index in [-0.39, 0.29) is 11.9 Å². The maximum atomic E-state index is 13.8. The predicted octanol–water partition coefficient (Wildman–Crippen LogP) is 6.23. The summed E-state index contributed by atoms with van der Waals surface area (Å²) in [5, 5.41) is 4.45.